The number of hydrogen-bond donors (Lipinski definition) is 3. The second kappa shape index (κ2) is 8.73. The topological polar surface area (TPSA) is 109 Å². The third-order valence-corrected chi connectivity index (χ3v) is 4.99. The van der Waals surface area contributed by atoms with Crippen LogP contribution in [0.1, 0.15) is 64.3 Å². The summed E-state index contributed by atoms with van der Waals surface area (Å²) in [6.07, 6.45) is 5.16. The minimum Gasteiger partial charge on any atom is -0.478 e. The van der Waals surface area contributed by atoms with E-state index in [9.17, 15) is 14.4 Å². The minimum atomic E-state index is -1.07. The summed E-state index contributed by atoms with van der Waals surface area (Å²) in [4.78, 5) is 35.8. The van der Waals surface area contributed by atoms with Gasteiger partial charge in [0, 0.05) is 17.2 Å². The molecule has 0 unspecified atom stereocenters. The zero-order valence-corrected chi connectivity index (χ0v) is 15.8. The highest BCUT2D eigenvalue weighted by Crippen LogP contribution is 2.25. The van der Waals surface area contributed by atoms with Crippen LogP contribution in [-0.2, 0) is 11.3 Å². The van der Waals surface area contributed by atoms with Crippen molar-refractivity contribution in [3.05, 3.63) is 53.0 Å². The molecule has 28 heavy (non-hydrogen) atoms. The first kappa shape index (κ1) is 19.7. The number of aromatic carboxylic acids is 1. The summed E-state index contributed by atoms with van der Waals surface area (Å²) in [7, 11) is 0. The number of carboxylic acids is 1. The highest BCUT2D eigenvalue weighted by molar-refractivity contribution is 5.97. The smallest absolute Gasteiger partial charge is 0.339 e. The zero-order chi connectivity index (χ0) is 20.1. The third-order valence-electron chi connectivity index (χ3n) is 4.99. The maximum atomic E-state index is 12.4. The molecule has 1 saturated carbocycles. The fourth-order valence-electron chi connectivity index (χ4n) is 3.46. The van der Waals surface area contributed by atoms with Gasteiger partial charge in [-0.25, -0.2) is 4.79 Å². The summed E-state index contributed by atoms with van der Waals surface area (Å²) in [5, 5.41) is 14.7. The molecule has 7 nitrogen and oxygen atoms in total. The number of hydrogen-bond acceptors (Lipinski definition) is 4. The number of nitrogens with one attached hydrogen (secondary N) is 2. The van der Waals surface area contributed by atoms with E-state index in [0.717, 1.165) is 25.7 Å². The van der Waals surface area contributed by atoms with Crippen molar-refractivity contribution in [3.8, 4) is 0 Å². The number of carbonyl (C=O) groups excluding carboxylic acids is 2. The lowest BCUT2D eigenvalue weighted by Crippen LogP contribution is -2.25. The molecule has 3 rings (SSSR count). The number of carbonyl (C=O) groups is 3. The molecular formula is C21H24N2O5. The Morgan fingerprint density at radius 1 is 1.14 bits per heavy atom. The van der Waals surface area contributed by atoms with Crippen molar-refractivity contribution in [2.45, 2.75) is 45.6 Å². The van der Waals surface area contributed by atoms with Crippen molar-refractivity contribution in [2.24, 2.45) is 5.92 Å². The molecule has 1 heterocycles. The maximum absolute atomic E-state index is 12.4. The van der Waals surface area contributed by atoms with Crippen molar-refractivity contribution >= 4 is 23.5 Å². The van der Waals surface area contributed by atoms with E-state index in [-0.39, 0.29) is 29.8 Å². The van der Waals surface area contributed by atoms with Crippen LogP contribution in [0.15, 0.2) is 34.7 Å². The monoisotopic (exact) mass is 384 g/mol. The minimum absolute atomic E-state index is 0.00418. The molecule has 1 aromatic carbocycles. The lowest BCUT2D eigenvalue weighted by atomic mass is 9.88. The van der Waals surface area contributed by atoms with Crippen LogP contribution in [0.4, 0.5) is 5.69 Å². The van der Waals surface area contributed by atoms with E-state index < -0.39 is 5.97 Å². The molecule has 1 aliphatic rings. The first-order chi connectivity index (χ1) is 13.4. The molecule has 0 aliphatic heterocycles. The van der Waals surface area contributed by atoms with Gasteiger partial charge in [-0.2, -0.15) is 0 Å². The van der Waals surface area contributed by atoms with Crippen LogP contribution in [0.3, 0.4) is 0 Å². The Morgan fingerprint density at radius 3 is 2.57 bits per heavy atom. The van der Waals surface area contributed by atoms with Gasteiger partial charge in [-0.1, -0.05) is 25.3 Å². The fourth-order valence-corrected chi connectivity index (χ4v) is 3.46. The Kier molecular flexibility index (Phi) is 6.13. The van der Waals surface area contributed by atoms with E-state index in [0.29, 0.717) is 22.8 Å². The quantitative estimate of drug-likeness (QED) is 0.703. The fraction of sp³-hybridized carbons (Fsp3) is 0.381. The Labute approximate surface area is 163 Å². The van der Waals surface area contributed by atoms with Gasteiger partial charge in [-0.15, -0.1) is 0 Å². The van der Waals surface area contributed by atoms with E-state index in [2.05, 4.69) is 10.6 Å². The van der Waals surface area contributed by atoms with E-state index in [1.54, 1.807) is 31.2 Å². The molecule has 148 valence electrons. The Bertz CT molecular complexity index is 881. The van der Waals surface area contributed by atoms with E-state index in [4.69, 9.17) is 9.52 Å². The van der Waals surface area contributed by atoms with E-state index in [1.165, 1.54) is 12.5 Å². The molecule has 7 heteroatoms. The summed E-state index contributed by atoms with van der Waals surface area (Å²) in [5.41, 5.74) is 1.07. The molecule has 3 N–H and O–H groups in total. The Hall–Kier alpha value is -3.09. The molecule has 0 radical (unpaired) electrons. The predicted molar refractivity (Wildman–Crippen MR) is 103 cm³/mol. The van der Waals surface area contributed by atoms with Crippen molar-refractivity contribution in [1.29, 1.82) is 0 Å². The van der Waals surface area contributed by atoms with E-state index >= 15 is 0 Å². The SMILES string of the molecule is Cc1oc(CNC(=O)c2cccc(NC(=O)C3CCCCC3)c2)cc1C(=O)O. The third kappa shape index (κ3) is 4.79. The lowest BCUT2D eigenvalue weighted by Gasteiger charge is -2.20. The molecular weight excluding hydrogens is 360 g/mol. The standard InChI is InChI=1S/C21H24N2O5/c1-13-18(21(26)27)11-17(28-13)12-22-19(24)15-8-5-9-16(10-15)23-20(25)14-6-3-2-4-7-14/h5,8-11,14H,2-4,6-7,12H2,1H3,(H,22,24)(H,23,25)(H,26,27). The van der Waals surface area contributed by atoms with Crippen molar-refractivity contribution in [2.75, 3.05) is 5.32 Å². The summed E-state index contributed by atoms with van der Waals surface area (Å²) in [6, 6.07) is 8.16. The van der Waals surface area contributed by atoms with Gasteiger partial charge in [0.15, 0.2) is 0 Å². The van der Waals surface area contributed by atoms with Gasteiger partial charge in [-0.3, -0.25) is 9.59 Å². The van der Waals surface area contributed by atoms with Crippen molar-refractivity contribution in [1.82, 2.24) is 5.32 Å². The number of anilines is 1. The average Bonchev–Trinajstić information content (AvgIpc) is 3.08. The lowest BCUT2D eigenvalue weighted by molar-refractivity contribution is -0.120. The number of benzene rings is 1. The largest absolute Gasteiger partial charge is 0.478 e. The second-order valence-corrected chi connectivity index (χ2v) is 7.08. The summed E-state index contributed by atoms with van der Waals surface area (Å²) >= 11 is 0. The van der Waals surface area contributed by atoms with Crippen molar-refractivity contribution in [3.63, 3.8) is 0 Å². The average molecular weight is 384 g/mol. The predicted octanol–water partition coefficient (Wildman–Crippen LogP) is 3.74. The molecule has 1 fully saturated rings. The van der Waals surface area contributed by atoms with Gasteiger partial charge >= 0.3 is 5.97 Å². The molecule has 2 aromatic rings. The molecule has 2 amide bonds. The molecule has 0 saturated heterocycles. The van der Waals surface area contributed by atoms with Crippen LogP contribution in [0.25, 0.3) is 0 Å². The van der Waals surface area contributed by atoms with Gasteiger partial charge < -0.3 is 20.2 Å². The van der Waals surface area contributed by atoms with Gasteiger partial charge in [0.2, 0.25) is 5.91 Å². The van der Waals surface area contributed by atoms with Gasteiger partial charge in [-0.05, 0) is 44.0 Å². The van der Waals surface area contributed by atoms with Crippen LogP contribution in [0, 0.1) is 12.8 Å². The van der Waals surface area contributed by atoms with Crippen LogP contribution < -0.4 is 10.6 Å². The molecule has 0 bridgehead atoms. The second-order valence-electron chi connectivity index (χ2n) is 7.08. The van der Waals surface area contributed by atoms with Crippen LogP contribution >= 0.6 is 0 Å². The Balaban J connectivity index is 1.59. The first-order valence-electron chi connectivity index (χ1n) is 9.46. The van der Waals surface area contributed by atoms with Gasteiger partial charge in [0.25, 0.3) is 5.91 Å². The van der Waals surface area contributed by atoms with Gasteiger partial charge in [0.05, 0.1) is 6.54 Å². The highest BCUT2D eigenvalue weighted by Gasteiger charge is 2.21. The van der Waals surface area contributed by atoms with Crippen LogP contribution in [0.5, 0.6) is 0 Å². The normalized spacial score (nSPS) is 14.5. The number of aryl methyl sites for hydroxylation is 1. The van der Waals surface area contributed by atoms with Crippen molar-refractivity contribution < 1.29 is 23.9 Å². The number of rotatable bonds is 6. The van der Waals surface area contributed by atoms with Crippen LogP contribution in [0.2, 0.25) is 0 Å². The first-order valence-corrected chi connectivity index (χ1v) is 9.46. The zero-order valence-electron chi connectivity index (χ0n) is 15.8. The summed E-state index contributed by atoms with van der Waals surface area (Å²) in [6.45, 7) is 1.64. The van der Waals surface area contributed by atoms with Crippen LogP contribution in [-0.4, -0.2) is 22.9 Å². The van der Waals surface area contributed by atoms with E-state index in [1.807, 2.05) is 0 Å². The molecule has 0 atom stereocenters. The summed E-state index contributed by atoms with van der Waals surface area (Å²) in [5.74, 6) is -0.699. The summed E-state index contributed by atoms with van der Waals surface area (Å²) < 4.78 is 5.35. The Morgan fingerprint density at radius 2 is 1.89 bits per heavy atom. The van der Waals surface area contributed by atoms with Gasteiger partial charge in [0.1, 0.15) is 17.1 Å². The molecule has 1 aliphatic carbocycles. The molecule has 1 aromatic heterocycles. The number of carboxylic acid groups (broad SMARTS) is 1. The number of amides is 2. The number of furan rings is 1. The maximum Gasteiger partial charge on any atom is 0.339 e. The highest BCUT2D eigenvalue weighted by atomic mass is 16.4. The molecule has 0 spiro atoms.